The van der Waals surface area contributed by atoms with Crippen LogP contribution in [0.2, 0.25) is 0 Å². The zero-order chi connectivity index (χ0) is 20.5. The standard InChI is InChI=1S/C24H29FN4O.H2/c25-20-8-10-21(11-9-20)28-16-18-14-27(15-19(18)17-28)12-4-1-5-13-29-23-7-3-2-6-22(23)26-24(29)30;/h2-3,6-11,18-19H,1,4-5,12-17H2,(H,26,30);1H/t18-,19+;. The van der Waals surface area contributed by atoms with Crippen LogP contribution in [-0.4, -0.2) is 47.2 Å². The molecule has 5 nitrogen and oxygen atoms in total. The van der Waals surface area contributed by atoms with Crippen molar-refractivity contribution in [3.8, 4) is 0 Å². The Balaban J connectivity index is 0.00000231. The summed E-state index contributed by atoms with van der Waals surface area (Å²) >= 11 is 0. The van der Waals surface area contributed by atoms with E-state index < -0.39 is 0 Å². The van der Waals surface area contributed by atoms with Gasteiger partial charge in [0.05, 0.1) is 11.0 Å². The van der Waals surface area contributed by atoms with Gasteiger partial charge in [-0.25, -0.2) is 9.18 Å². The van der Waals surface area contributed by atoms with Crippen molar-refractivity contribution < 1.29 is 5.82 Å². The highest BCUT2D eigenvalue weighted by Gasteiger charge is 2.39. The lowest BCUT2D eigenvalue weighted by Crippen LogP contribution is -2.29. The van der Waals surface area contributed by atoms with E-state index in [2.05, 4.69) is 14.8 Å². The second-order valence-corrected chi connectivity index (χ2v) is 8.82. The number of hydrogen-bond acceptors (Lipinski definition) is 3. The number of aryl methyl sites for hydroxylation is 1. The summed E-state index contributed by atoms with van der Waals surface area (Å²) < 4.78 is 15.0. The highest BCUT2D eigenvalue weighted by Crippen LogP contribution is 2.34. The molecule has 5 rings (SSSR count). The molecule has 1 aromatic heterocycles. The molecular formula is C24H31FN4O. The number of aromatic nitrogens is 2. The van der Waals surface area contributed by atoms with Crippen LogP contribution in [0.25, 0.3) is 11.0 Å². The van der Waals surface area contributed by atoms with Crippen molar-refractivity contribution in [1.82, 2.24) is 14.5 Å². The van der Waals surface area contributed by atoms with Crippen LogP contribution >= 0.6 is 0 Å². The summed E-state index contributed by atoms with van der Waals surface area (Å²) in [5.41, 5.74) is 3.06. The molecule has 0 radical (unpaired) electrons. The highest BCUT2D eigenvalue weighted by atomic mass is 19.1. The SMILES string of the molecule is O=c1[nH]c2ccccc2n1CCCCCN1C[C@@H]2CN(c3ccc(F)cc3)C[C@@H]2C1.[HH]. The number of unbranched alkanes of at least 4 members (excludes halogenated alkanes) is 2. The van der Waals surface area contributed by atoms with Gasteiger partial charge < -0.3 is 14.8 Å². The summed E-state index contributed by atoms with van der Waals surface area (Å²) in [6.07, 6.45) is 3.35. The fourth-order valence-corrected chi connectivity index (χ4v) is 5.25. The Morgan fingerprint density at radius 2 is 1.60 bits per heavy atom. The number of nitrogens with zero attached hydrogens (tertiary/aromatic N) is 3. The lowest BCUT2D eigenvalue weighted by atomic mass is 10.0. The zero-order valence-corrected chi connectivity index (χ0v) is 17.3. The fraction of sp³-hybridized carbons (Fsp3) is 0.458. The van der Waals surface area contributed by atoms with Crippen molar-refractivity contribution in [2.45, 2.75) is 25.8 Å². The van der Waals surface area contributed by atoms with Gasteiger partial charge in [-0.3, -0.25) is 4.57 Å². The third-order valence-electron chi connectivity index (χ3n) is 6.79. The van der Waals surface area contributed by atoms with Gasteiger partial charge in [-0.1, -0.05) is 18.6 Å². The van der Waals surface area contributed by atoms with Gasteiger partial charge in [0, 0.05) is 39.8 Å². The number of anilines is 1. The Labute approximate surface area is 177 Å². The van der Waals surface area contributed by atoms with Gasteiger partial charge >= 0.3 is 5.69 Å². The first-order chi connectivity index (χ1) is 14.7. The topological polar surface area (TPSA) is 44.3 Å². The van der Waals surface area contributed by atoms with Gasteiger partial charge in [0.1, 0.15) is 5.82 Å². The zero-order valence-electron chi connectivity index (χ0n) is 17.3. The van der Waals surface area contributed by atoms with E-state index in [0.717, 1.165) is 67.6 Å². The summed E-state index contributed by atoms with van der Waals surface area (Å²) in [6, 6.07) is 14.8. The largest absolute Gasteiger partial charge is 0.371 e. The predicted molar refractivity (Wildman–Crippen MR) is 121 cm³/mol. The summed E-state index contributed by atoms with van der Waals surface area (Å²) in [5.74, 6) is 1.28. The average Bonchev–Trinajstić information content (AvgIpc) is 3.39. The number of para-hydroxylation sites is 2. The summed E-state index contributed by atoms with van der Waals surface area (Å²) in [6.45, 7) is 6.42. The van der Waals surface area contributed by atoms with E-state index in [1.54, 1.807) is 12.1 Å². The van der Waals surface area contributed by atoms with Crippen molar-refractivity contribution >= 4 is 16.7 Å². The van der Waals surface area contributed by atoms with E-state index in [4.69, 9.17) is 0 Å². The van der Waals surface area contributed by atoms with Crippen LogP contribution in [0.4, 0.5) is 10.1 Å². The number of aromatic amines is 1. The molecule has 0 bridgehead atoms. The maximum Gasteiger partial charge on any atom is 0.326 e. The molecule has 3 heterocycles. The van der Waals surface area contributed by atoms with Crippen molar-refractivity contribution in [1.29, 1.82) is 0 Å². The Hall–Kier alpha value is -2.60. The molecule has 0 amide bonds. The van der Waals surface area contributed by atoms with Crippen LogP contribution in [0.1, 0.15) is 20.7 Å². The van der Waals surface area contributed by atoms with Gasteiger partial charge in [0.2, 0.25) is 0 Å². The van der Waals surface area contributed by atoms with Crippen LogP contribution in [0.15, 0.2) is 53.3 Å². The first kappa shape index (κ1) is 19.4. The molecule has 0 unspecified atom stereocenters. The third-order valence-corrected chi connectivity index (χ3v) is 6.79. The quantitative estimate of drug-likeness (QED) is 0.600. The summed E-state index contributed by atoms with van der Waals surface area (Å²) in [4.78, 5) is 20.1. The maximum absolute atomic E-state index is 13.2. The minimum Gasteiger partial charge on any atom is -0.371 e. The van der Waals surface area contributed by atoms with Crippen LogP contribution in [0.3, 0.4) is 0 Å². The molecule has 0 aliphatic carbocycles. The molecule has 2 fully saturated rings. The molecular weight excluding hydrogens is 379 g/mol. The third kappa shape index (κ3) is 3.88. The van der Waals surface area contributed by atoms with E-state index in [-0.39, 0.29) is 12.9 Å². The fourth-order valence-electron chi connectivity index (χ4n) is 5.25. The molecule has 2 aromatic carbocycles. The summed E-state index contributed by atoms with van der Waals surface area (Å²) in [5, 5.41) is 0. The average molecular weight is 411 g/mol. The number of rotatable bonds is 7. The van der Waals surface area contributed by atoms with Crippen molar-refractivity contribution in [3.63, 3.8) is 0 Å². The predicted octanol–water partition coefficient (Wildman–Crippen LogP) is 3.95. The number of hydrogen-bond donors (Lipinski definition) is 1. The van der Waals surface area contributed by atoms with Crippen LogP contribution < -0.4 is 10.6 Å². The molecule has 3 aromatic rings. The van der Waals surface area contributed by atoms with Gasteiger partial charge in [-0.05, 0) is 67.6 Å². The van der Waals surface area contributed by atoms with Gasteiger partial charge in [0.25, 0.3) is 0 Å². The van der Waals surface area contributed by atoms with Crippen molar-refractivity contribution in [2.75, 3.05) is 37.6 Å². The lowest BCUT2D eigenvalue weighted by molar-refractivity contribution is 0.307. The van der Waals surface area contributed by atoms with E-state index in [0.29, 0.717) is 0 Å². The molecule has 2 aliphatic rings. The Bertz CT molecular complexity index is 1050. The van der Waals surface area contributed by atoms with Gasteiger partial charge in [-0.15, -0.1) is 0 Å². The van der Waals surface area contributed by atoms with Gasteiger partial charge in [0.15, 0.2) is 0 Å². The van der Waals surface area contributed by atoms with Gasteiger partial charge in [-0.2, -0.15) is 0 Å². The Morgan fingerprint density at radius 3 is 2.37 bits per heavy atom. The van der Waals surface area contributed by atoms with Crippen LogP contribution in [0, 0.1) is 17.7 Å². The summed E-state index contributed by atoms with van der Waals surface area (Å²) in [7, 11) is 0. The number of likely N-dealkylation sites (tertiary alicyclic amines) is 1. The lowest BCUT2D eigenvalue weighted by Gasteiger charge is -2.23. The van der Waals surface area contributed by atoms with E-state index >= 15 is 0 Å². The molecule has 0 spiro atoms. The molecule has 0 saturated carbocycles. The number of fused-ring (bicyclic) bond motifs is 2. The van der Waals surface area contributed by atoms with Crippen LogP contribution in [0.5, 0.6) is 0 Å². The minimum atomic E-state index is -0.168. The maximum atomic E-state index is 13.2. The Morgan fingerprint density at radius 1 is 0.900 bits per heavy atom. The molecule has 160 valence electrons. The number of halogens is 1. The molecule has 1 N–H and O–H groups in total. The number of nitrogens with one attached hydrogen (secondary N) is 1. The molecule has 30 heavy (non-hydrogen) atoms. The van der Waals surface area contributed by atoms with E-state index in [1.807, 2.05) is 41.0 Å². The van der Waals surface area contributed by atoms with Crippen LogP contribution in [-0.2, 0) is 6.54 Å². The first-order valence-corrected chi connectivity index (χ1v) is 11.1. The normalized spacial score (nSPS) is 21.6. The molecule has 6 heteroatoms. The van der Waals surface area contributed by atoms with E-state index in [1.165, 1.54) is 19.5 Å². The molecule has 2 atom stereocenters. The second-order valence-electron chi connectivity index (χ2n) is 8.82. The number of H-pyrrole nitrogens is 1. The van der Waals surface area contributed by atoms with Crippen molar-refractivity contribution in [2.24, 2.45) is 11.8 Å². The smallest absolute Gasteiger partial charge is 0.326 e. The Kier molecular flexibility index (Phi) is 5.34. The second kappa shape index (κ2) is 8.26. The van der Waals surface area contributed by atoms with E-state index in [9.17, 15) is 9.18 Å². The first-order valence-electron chi connectivity index (χ1n) is 11.1. The molecule has 2 saturated heterocycles. The highest BCUT2D eigenvalue weighted by molar-refractivity contribution is 5.74. The minimum absolute atomic E-state index is 0. The molecule has 2 aliphatic heterocycles. The monoisotopic (exact) mass is 410 g/mol. The number of imidazole rings is 1. The van der Waals surface area contributed by atoms with Crippen molar-refractivity contribution in [3.05, 3.63) is 64.8 Å². The number of benzene rings is 2.